The fraction of sp³-hybridized carbons (Fsp3) is 0.286. The van der Waals surface area contributed by atoms with E-state index in [0.717, 1.165) is 23.1 Å². The Morgan fingerprint density at radius 1 is 0.974 bits per heavy atom. The fourth-order valence-corrected chi connectivity index (χ4v) is 5.00. The third-order valence-corrected chi connectivity index (χ3v) is 7.53. The number of rotatable bonds is 13. The average molecular weight is 575 g/mol. The van der Waals surface area contributed by atoms with Gasteiger partial charge < -0.3 is 10.2 Å². The number of non-ortho nitro benzene ring substituents is 1. The molecule has 0 bridgehead atoms. The summed E-state index contributed by atoms with van der Waals surface area (Å²) in [5.41, 5.74) is 2.58. The van der Waals surface area contributed by atoms with Gasteiger partial charge in [-0.1, -0.05) is 78.7 Å². The molecule has 0 saturated carbocycles. The van der Waals surface area contributed by atoms with Gasteiger partial charge in [0, 0.05) is 37.4 Å². The first kappa shape index (κ1) is 29.5. The summed E-state index contributed by atoms with van der Waals surface area (Å²) in [4.78, 5) is 39.0. The second-order valence-corrected chi connectivity index (χ2v) is 10.5. The standard InChI is InChI=1S/C28H29Cl2N3O4S/c1-2-14-31-28(35)26(16-20-6-4-3-5-7-20)32(17-22-10-13-24(29)25(30)15-22)27(34)19-38-18-21-8-11-23(12-9-21)33(36)37/h3-13,15,26H,2,14,16-19H2,1H3,(H,31,35). The monoisotopic (exact) mass is 573 g/mol. The molecule has 0 aliphatic heterocycles. The van der Waals surface area contributed by atoms with E-state index in [9.17, 15) is 19.7 Å². The van der Waals surface area contributed by atoms with Gasteiger partial charge in [-0.25, -0.2) is 0 Å². The van der Waals surface area contributed by atoms with Gasteiger partial charge in [0.25, 0.3) is 5.69 Å². The second kappa shape index (κ2) is 14.8. The molecule has 0 spiro atoms. The Balaban J connectivity index is 1.83. The summed E-state index contributed by atoms with van der Waals surface area (Å²) in [6, 6.07) is 20.3. The molecule has 10 heteroatoms. The van der Waals surface area contributed by atoms with Crippen LogP contribution in [-0.4, -0.2) is 40.0 Å². The van der Waals surface area contributed by atoms with Crippen LogP contribution in [0.25, 0.3) is 0 Å². The first-order chi connectivity index (χ1) is 18.3. The number of carbonyl (C=O) groups is 2. The Morgan fingerprint density at radius 2 is 1.66 bits per heavy atom. The third-order valence-electron chi connectivity index (χ3n) is 5.80. The van der Waals surface area contributed by atoms with Crippen molar-refractivity contribution in [2.45, 2.75) is 38.1 Å². The molecule has 7 nitrogen and oxygen atoms in total. The lowest BCUT2D eigenvalue weighted by Crippen LogP contribution is -2.51. The van der Waals surface area contributed by atoms with Gasteiger partial charge in [0.05, 0.1) is 20.7 Å². The third kappa shape index (κ3) is 8.75. The highest BCUT2D eigenvalue weighted by atomic mass is 35.5. The molecule has 200 valence electrons. The van der Waals surface area contributed by atoms with E-state index in [0.29, 0.717) is 28.8 Å². The first-order valence-corrected chi connectivity index (χ1v) is 14.1. The number of nitrogens with zero attached hydrogens (tertiary/aromatic N) is 2. The van der Waals surface area contributed by atoms with E-state index in [-0.39, 0.29) is 29.8 Å². The molecule has 0 aliphatic rings. The summed E-state index contributed by atoms with van der Waals surface area (Å²) < 4.78 is 0. The summed E-state index contributed by atoms with van der Waals surface area (Å²) in [5, 5.41) is 14.6. The lowest BCUT2D eigenvalue weighted by molar-refractivity contribution is -0.384. The maximum absolute atomic E-state index is 13.6. The molecular weight excluding hydrogens is 545 g/mol. The number of nitro groups is 1. The number of nitro benzene ring substituents is 1. The first-order valence-electron chi connectivity index (χ1n) is 12.1. The molecule has 2 amide bonds. The topological polar surface area (TPSA) is 92.6 Å². The summed E-state index contributed by atoms with van der Waals surface area (Å²) in [5.74, 6) is 0.209. The summed E-state index contributed by atoms with van der Waals surface area (Å²) >= 11 is 13.7. The lowest BCUT2D eigenvalue weighted by Gasteiger charge is -2.31. The number of hydrogen-bond acceptors (Lipinski definition) is 5. The van der Waals surface area contributed by atoms with Gasteiger partial charge in [0.2, 0.25) is 11.8 Å². The van der Waals surface area contributed by atoms with Crippen molar-refractivity contribution in [3.8, 4) is 0 Å². The Kier molecular flexibility index (Phi) is 11.5. The van der Waals surface area contributed by atoms with Crippen LogP contribution in [0.2, 0.25) is 10.0 Å². The van der Waals surface area contributed by atoms with Crippen LogP contribution in [0.1, 0.15) is 30.0 Å². The van der Waals surface area contributed by atoms with E-state index in [4.69, 9.17) is 23.2 Å². The molecule has 0 aliphatic carbocycles. The van der Waals surface area contributed by atoms with Crippen LogP contribution in [0.4, 0.5) is 5.69 Å². The van der Waals surface area contributed by atoms with Crippen molar-refractivity contribution < 1.29 is 14.5 Å². The van der Waals surface area contributed by atoms with E-state index in [1.54, 1.807) is 35.2 Å². The highest BCUT2D eigenvalue weighted by Crippen LogP contribution is 2.25. The van der Waals surface area contributed by atoms with Crippen molar-refractivity contribution in [3.05, 3.63) is 110 Å². The van der Waals surface area contributed by atoms with Crippen LogP contribution in [0.15, 0.2) is 72.8 Å². The van der Waals surface area contributed by atoms with E-state index >= 15 is 0 Å². The molecular formula is C28H29Cl2N3O4S. The molecule has 3 aromatic rings. The van der Waals surface area contributed by atoms with Crippen molar-refractivity contribution >= 4 is 52.5 Å². The summed E-state index contributed by atoms with van der Waals surface area (Å²) in [6.07, 6.45) is 1.13. The maximum atomic E-state index is 13.6. The minimum Gasteiger partial charge on any atom is -0.354 e. The number of benzene rings is 3. The molecule has 38 heavy (non-hydrogen) atoms. The number of hydrogen-bond donors (Lipinski definition) is 1. The highest BCUT2D eigenvalue weighted by Gasteiger charge is 2.30. The maximum Gasteiger partial charge on any atom is 0.269 e. The van der Waals surface area contributed by atoms with Gasteiger partial charge in [-0.05, 0) is 35.2 Å². The molecule has 3 rings (SSSR count). The van der Waals surface area contributed by atoms with Gasteiger partial charge >= 0.3 is 0 Å². The van der Waals surface area contributed by atoms with Crippen molar-refractivity contribution in [1.82, 2.24) is 10.2 Å². The Hall–Kier alpha value is -3.07. The summed E-state index contributed by atoms with van der Waals surface area (Å²) in [6.45, 7) is 2.67. The predicted octanol–water partition coefficient (Wildman–Crippen LogP) is 6.30. The smallest absolute Gasteiger partial charge is 0.269 e. The van der Waals surface area contributed by atoms with Gasteiger partial charge in [0.15, 0.2) is 0 Å². The van der Waals surface area contributed by atoms with Crippen molar-refractivity contribution in [3.63, 3.8) is 0 Å². The van der Waals surface area contributed by atoms with E-state index in [1.807, 2.05) is 37.3 Å². The van der Waals surface area contributed by atoms with E-state index in [2.05, 4.69) is 5.32 Å². The van der Waals surface area contributed by atoms with Crippen LogP contribution in [0.5, 0.6) is 0 Å². The Morgan fingerprint density at radius 3 is 2.29 bits per heavy atom. The van der Waals surface area contributed by atoms with Crippen LogP contribution in [-0.2, 0) is 28.3 Å². The zero-order valence-electron chi connectivity index (χ0n) is 20.9. The van der Waals surface area contributed by atoms with Crippen molar-refractivity contribution in [2.75, 3.05) is 12.3 Å². The zero-order valence-corrected chi connectivity index (χ0v) is 23.3. The number of nitrogens with one attached hydrogen (secondary N) is 1. The van der Waals surface area contributed by atoms with E-state index in [1.165, 1.54) is 23.9 Å². The SMILES string of the molecule is CCCNC(=O)C(Cc1ccccc1)N(Cc1ccc(Cl)c(Cl)c1)C(=O)CSCc1ccc([N+](=O)[O-])cc1. The van der Waals surface area contributed by atoms with Crippen LogP contribution < -0.4 is 5.32 Å². The molecule has 0 saturated heterocycles. The molecule has 1 N–H and O–H groups in total. The Bertz CT molecular complexity index is 1240. The van der Waals surface area contributed by atoms with Crippen LogP contribution in [0, 0.1) is 10.1 Å². The lowest BCUT2D eigenvalue weighted by atomic mass is 10.0. The molecule has 1 atom stereocenters. The molecule has 0 fully saturated rings. The van der Waals surface area contributed by atoms with Gasteiger partial charge in [-0.15, -0.1) is 11.8 Å². The normalized spacial score (nSPS) is 11.6. The molecule has 3 aromatic carbocycles. The molecule has 0 heterocycles. The number of thioether (sulfide) groups is 1. The second-order valence-electron chi connectivity index (χ2n) is 8.68. The van der Waals surface area contributed by atoms with Gasteiger partial charge in [-0.3, -0.25) is 19.7 Å². The Labute approximate surface area is 236 Å². The van der Waals surface area contributed by atoms with Gasteiger partial charge in [-0.2, -0.15) is 0 Å². The number of amides is 2. The van der Waals surface area contributed by atoms with Crippen molar-refractivity contribution in [2.24, 2.45) is 0 Å². The van der Waals surface area contributed by atoms with Gasteiger partial charge in [0.1, 0.15) is 6.04 Å². The number of halogens is 2. The average Bonchev–Trinajstić information content (AvgIpc) is 2.92. The van der Waals surface area contributed by atoms with E-state index < -0.39 is 11.0 Å². The minimum atomic E-state index is -0.731. The summed E-state index contributed by atoms with van der Waals surface area (Å²) in [7, 11) is 0. The predicted molar refractivity (Wildman–Crippen MR) is 154 cm³/mol. The molecule has 1 unspecified atom stereocenters. The zero-order chi connectivity index (χ0) is 27.5. The van der Waals surface area contributed by atoms with Crippen molar-refractivity contribution in [1.29, 1.82) is 0 Å². The quantitative estimate of drug-likeness (QED) is 0.191. The highest BCUT2D eigenvalue weighted by molar-refractivity contribution is 7.99. The van der Waals surface area contributed by atoms with Crippen LogP contribution in [0.3, 0.4) is 0 Å². The number of carbonyl (C=O) groups excluding carboxylic acids is 2. The molecule has 0 aromatic heterocycles. The minimum absolute atomic E-state index is 0.0180. The fourth-order valence-electron chi connectivity index (χ4n) is 3.81. The molecule has 0 radical (unpaired) electrons. The largest absolute Gasteiger partial charge is 0.354 e. The van der Waals surface area contributed by atoms with Crippen LogP contribution >= 0.6 is 35.0 Å².